The maximum atomic E-state index is 12.4. The van der Waals surface area contributed by atoms with Crippen LogP contribution in [0.3, 0.4) is 0 Å². The molecule has 1 aliphatic heterocycles. The van der Waals surface area contributed by atoms with E-state index in [2.05, 4.69) is 10.1 Å². The molecular formula is C16H22F2N2O4. The van der Waals surface area contributed by atoms with E-state index in [1.807, 2.05) is 0 Å². The van der Waals surface area contributed by atoms with Crippen LogP contribution in [0.5, 0.6) is 11.5 Å². The highest BCUT2D eigenvalue weighted by Gasteiger charge is 2.23. The minimum absolute atomic E-state index is 0.0661. The Labute approximate surface area is 139 Å². The molecule has 24 heavy (non-hydrogen) atoms. The van der Waals surface area contributed by atoms with Gasteiger partial charge < -0.3 is 24.8 Å². The number of nitrogens with one attached hydrogen (secondary N) is 1. The monoisotopic (exact) mass is 344 g/mol. The summed E-state index contributed by atoms with van der Waals surface area (Å²) in [7, 11) is 1.36. The maximum Gasteiger partial charge on any atom is 0.387 e. The summed E-state index contributed by atoms with van der Waals surface area (Å²) in [4.78, 5) is 13.8. The lowest BCUT2D eigenvalue weighted by Crippen LogP contribution is -2.45. The zero-order valence-electron chi connectivity index (χ0n) is 13.5. The quantitative estimate of drug-likeness (QED) is 0.830. The number of piperidine rings is 1. The van der Waals surface area contributed by atoms with Crippen LogP contribution in [-0.4, -0.2) is 49.5 Å². The number of likely N-dealkylation sites (tertiary alicyclic amines) is 1. The van der Waals surface area contributed by atoms with E-state index in [0.29, 0.717) is 18.7 Å². The van der Waals surface area contributed by atoms with Crippen LogP contribution in [0.15, 0.2) is 18.2 Å². The number of methoxy groups -OCH3 is 1. The van der Waals surface area contributed by atoms with Gasteiger partial charge in [0.25, 0.3) is 0 Å². The number of urea groups is 1. The van der Waals surface area contributed by atoms with Crippen LogP contribution < -0.4 is 14.8 Å². The fourth-order valence-electron chi connectivity index (χ4n) is 2.71. The van der Waals surface area contributed by atoms with Crippen LogP contribution in [-0.2, 0) is 6.54 Å². The Kier molecular flexibility index (Phi) is 6.60. The standard InChI is InChI=1S/C16H22F2N2O4/c1-23-13-5-4-11(7-14(13)24-15(17)18)8-19-16(22)20-6-2-3-12(9-20)10-21/h4-5,7,12,15,21H,2-3,6,8-10H2,1H3,(H,19,22). The van der Waals surface area contributed by atoms with Crippen molar-refractivity contribution in [3.63, 3.8) is 0 Å². The van der Waals surface area contributed by atoms with Crippen molar-refractivity contribution < 1.29 is 28.2 Å². The zero-order valence-corrected chi connectivity index (χ0v) is 13.5. The van der Waals surface area contributed by atoms with E-state index in [4.69, 9.17) is 4.74 Å². The fourth-order valence-corrected chi connectivity index (χ4v) is 2.71. The first-order chi connectivity index (χ1) is 11.5. The zero-order chi connectivity index (χ0) is 17.5. The summed E-state index contributed by atoms with van der Waals surface area (Å²) < 4.78 is 34.2. The number of benzene rings is 1. The van der Waals surface area contributed by atoms with Crippen LogP contribution in [0.25, 0.3) is 0 Å². The predicted octanol–water partition coefficient (Wildman–Crippen LogP) is 2.21. The van der Waals surface area contributed by atoms with Crippen molar-refractivity contribution in [1.82, 2.24) is 10.2 Å². The summed E-state index contributed by atoms with van der Waals surface area (Å²) in [6.07, 6.45) is 1.76. The number of aliphatic hydroxyl groups excluding tert-OH is 1. The Balaban J connectivity index is 1.94. The Hall–Kier alpha value is -2.09. The number of hydrogen-bond donors (Lipinski definition) is 2. The molecule has 1 aromatic carbocycles. The van der Waals surface area contributed by atoms with E-state index in [-0.39, 0.29) is 36.6 Å². The molecule has 0 radical (unpaired) electrons. The lowest BCUT2D eigenvalue weighted by molar-refractivity contribution is -0.0512. The van der Waals surface area contributed by atoms with E-state index in [9.17, 15) is 18.7 Å². The van der Waals surface area contributed by atoms with Gasteiger partial charge in [0.05, 0.1) is 7.11 Å². The average molecular weight is 344 g/mol. The molecule has 0 aromatic heterocycles. The molecule has 0 bridgehead atoms. The first-order valence-electron chi connectivity index (χ1n) is 7.78. The van der Waals surface area contributed by atoms with Crippen LogP contribution in [0.1, 0.15) is 18.4 Å². The van der Waals surface area contributed by atoms with Gasteiger partial charge in [-0.15, -0.1) is 0 Å². The Morgan fingerprint density at radius 2 is 2.25 bits per heavy atom. The van der Waals surface area contributed by atoms with Gasteiger partial charge in [-0.1, -0.05) is 6.07 Å². The third-order valence-electron chi connectivity index (χ3n) is 3.95. The SMILES string of the molecule is COc1ccc(CNC(=O)N2CCCC(CO)C2)cc1OC(F)F. The summed E-state index contributed by atoms with van der Waals surface area (Å²) in [5.41, 5.74) is 0.621. The van der Waals surface area contributed by atoms with E-state index in [1.165, 1.54) is 19.2 Å². The first kappa shape index (κ1) is 18.3. The van der Waals surface area contributed by atoms with Gasteiger partial charge in [-0.25, -0.2) is 4.79 Å². The van der Waals surface area contributed by atoms with Crippen molar-refractivity contribution in [2.45, 2.75) is 26.0 Å². The van der Waals surface area contributed by atoms with E-state index < -0.39 is 6.61 Å². The van der Waals surface area contributed by atoms with Gasteiger partial charge in [-0.2, -0.15) is 8.78 Å². The molecule has 0 saturated carbocycles. The van der Waals surface area contributed by atoms with Crippen molar-refractivity contribution in [3.8, 4) is 11.5 Å². The molecule has 1 aromatic rings. The fraction of sp³-hybridized carbons (Fsp3) is 0.562. The first-order valence-corrected chi connectivity index (χ1v) is 7.78. The highest BCUT2D eigenvalue weighted by Crippen LogP contribution is 2.29. The lowest BCUT2D eigenvalue weighted by Gasteiger charge is -2.31. The van der Waals surface area contributed by atoms with Gasteiger partial charge in [0, 0.05) is 26.2 Å². The molecular weight excluding hydrogens is 322 g/mol. The molecule has 134 valence electrons. The van der Waals surface area contributed by atoms with E-state index in [1.54, 1.807) is 11.0 Å². The normalized spacial score (nSPS) is 17.7. The molecule has 1 unspecified atom stereocenters. The second-order valence-corrected chi connectivity index (χ2v) is 5.66. The third kappa shape index (κ3) is 4.95. The number of ether oxygens (including phenoxy) is 2. The number of alkyl halides is 2. The maximum absolute atomic E-state index is 12.4. The van der Waals surface area contributed by atoms with Gasteiger partial charge in [-0.05, 0) is 36.5 Å². The second kappa shape index (κ2) is 8.68. The number of amides is 2. The smallest absolute Gasteiger partial charge is 0.387 e. The molecule has 1 heterocycles. The number of halogens is 2. The van der Waals surface area contributed by atoms with Crippen LogP contribution in [0, 0.1) is 5.92 Å². The molecule has 2 amide bonds. The van der Waals surface area contributed by atoms with Gasteiger partial charge in [0.1, 0.15) is 0 Å². The lowest BCUT2D eigenvalue weighted by atomic mass is 9.99. The van der Waals surface area contributed by atoms with Crippen molar-refractivity contribution >= 4 is 6.03 Å². The Morgan fingerprint density at radius 3 is 2.92 bits per heavy atom. The minimum Gasteiger partial charge on any atom is -0.493 e. The van der Waals surface area contributed by atoms with Gasteiger partial charge in [0.2, 0.25) is 0 Å². The Morgan fingerprint density at radius 1 is 1.46 bits per heavy atom. The molecule has 0 aliphatic carbocycles. The summed E-state index contributed by atoms with van der Waals surface area (Å²) in [6, 6.07) is 4.37. The summed E-state index contributed by atoms with van der Waals surface area (Å²) in [5, 5.41) is 12.0. The van der Waals surface area contributed by atoms with Gasteiger partial charge in [0.15, 0.2) is 11.5 Å². The van der Waals surface area contributed by atoms with E-state index >= 15 is 0 Å². The number of carbonyl (C=O) groups is 1. The Bertz CT molecular complexity index is 557. The number of hydrogen-bond acceptors (Lipinski definition) is 4. The highest BCUT2D eigenvalue weighted by molar-refractivity contribution is 5.74. The largest absolute Gasteiger partial charge is 0.493 e. The minimum atomic E-state index is -2.95. The van der Waals surface area contributed by atoms with Crippen molar-refractivity contribution in [2.24, 2.45) is 5.92 Å². The molecule has 1 fully saturated rings. The molecule has 2 rings (SSSR count). The second-order valence-electron chi connectivity index (χ2n) is 5.66. The molecule has 6 nitrogen and oxygen atoms in total. The van der Waals surface area contributed by atoms with E-state index in [0.717, 1.165) is 12.8 Å². The topological polar surface area (TPSA) is 71.0 Å². The summed E-state index contributed by atoms with van der Waals surface area (Å²) in [6.45, 7) is -1.54. The molecule has 1 aliphatic rings. The number of aliphatic hydroxyl groups is 1. The molecule has 0 spiro atoms. The van der Waals surface area contributed by atoms with Crippen LogP contribution >= 0.6 is 0 Å². The summed E-state index contributed by atoms with van der Waals surface area (Å²) in [5.74, 6) is 0.237. The van der Waals surface area contributed by atoms with Gasteiger partial charge >= 0.3 is 12.6 Å². The third-order valence-corrected chi connectivity index (χ3v) is 3.95. The highest BCUT2D eigenvalue weighted by atomic mass is 19.3. The summed E-state index contributed by atoms with van der Waals surface area (Å²) >= 11 is 0. The average Bonchev–Trinajstić information content (AvgIpc) is 2.59. The van der Waals surface area contributed by atoms with Crippen molar-refractivity contribution in [2.75, 3.05) is 26.8 Å². The van der Waals surface area contributed by atoms with Crippen LogP contribution in [0.4, 0.5) is 13.6 Å². The number of nitrogens with zero attached hydrogens (tertiary/aromatic N) is 1. The van der Waals surface area contributed by atoms with Crippen molar-refractivity contribution in [1.29, 1.82) is 0 Å². The molecule has 1 atom stereocenters. The number of rotatable bonds is 6. The van der Waals surface area contributed by atoms with Gasteiger partial charge in [-0.3, -0.25) is 0 Å². The van der Waals surface area contributed by atoms with Crippen LogP contribution in [0.2, 0.25) is 0 Å². The number of carbonyl (C=O) groups excluding carboxylic acids is 1. The molecule has 2 N–H and O–H groups in total. The molecule has 1 saturated heterocycles. The predicted molar refractivity (Wildman–Crippen MR) is 83.2 cm³/mol. The van der Waals surface area contributed by atoms with Crippen molar-refractivity contribution in [3.05, 3.63) is 23.8 Å². The molecule has 8 heteroatoms.